The zero-order chi connectivity index (χ0) is 20.4. The summed E-state index contributed by atoms with van der Waals surface area (Å²) in [6, 6.07) is 9.82. The quantitative estimate of drug-likeness (QED) is 0.814. The monoisotopic (exact) mass is 389 g/mol. The summed E-state index contributed by atoms with van der Waals surface area (Å²) in [5, 5.41) is 7.96. The van der Waals surface area contributed by atoms with Crippen molar-refractivity contribution in [1.29, 1.82) is 0 Å². The first-order chi connectivity index (χ1) is 12.5. The Hall–Kier alpha value is -2.71. The lowest BCUT2D eigenvalue weighted by Gasteiger charge is -2.18. The molecular weight excluding hydrogens is 366 g/mol. The fraction of sp³-hybridized carbons (Fsp3) is 0.263. The van der Waals surface area contributed by atoms with Crippen LogP contribution in [0.1, 0.15) is 27.0 Å². The molecule has 0 aromatic heterocycles. The predicted octanol–water partition coefficient (Wildman–Crippen LogP) is 1.97. The highest BCUT2D eigenvalue weighted by atomic mass is 32.2. The molecule has 2 aromatic rings. The van der Waals surface area contributed by atoms with Crippen LogP contribution in [0.15, 0.2) is 41.3 Å². The Labute approximate surface area is 159 Å². The number of likely N-dealkylation sites (N-methyl/N-ethyl adjacent to an activating group) is 1. The van der Waals surface area contributed by atoms with Gasteiger partial charge in [0, 0.05) is 18.3 Å². The molecule has 2 amide bonds. The van der Waals surface area contributed by atoms with Gasteiger partial charge < -0.3 is 10.2 Å². The third-order valence-electron chi connectivity index (χ3n) is 4.35. The number of rotatable bonds is 5. The third kappa shape index (κ3) is 4.93. The van der Waals surface area contributed by atoms with Crippen LogP contribution < -0.4 is 10.5 Å². The van der Waals surface area contributed by atoms with E-state index < -0.39 is 15.9 Å². The zero-order valence-electron chi connectivity index (χ0n) is 15.7. The van der Waals surface area contributed by atoms with Crippen molar-refractivity contribution in [2.24, 2.45) is 5.14 Å². The van der Waals surface area contributed by atoms with Gasteiger partial charge >= 0.3 is 0 Å². The lowest BCUT2D eigenvalue weighted by molar-refractivity contribution is -0.116. The summed E-state index contributed by atoms with van der Waals surface area (Å²) >= 11 is 0. The molecule has 0 radical (unpaired) electrons. The number of nitrogens with one attached hydrogen (secondary N) is 1. The van der Waals surface area contributed by atoms with Crippen LogP contribution in [-0.2, 0) is 14.8 Å². The highest BCUT2D eigenvalue weighted by Gasteiger charge is 2.19. The number of amides is 2. The molecule has 0 aliphatic carbocycles. The van der Waals surface area contributed by atoms with Crippen molar-refractivity contribution < 1.29 is 18.0 Å². The molecule has 7 nitrogen and oxygen atoms in total. The Morgan fingerprint density at radius 1 is 1.07 bits per heavy atom. The van der Waals surface area contributed by atoms with Crippen LogP contribution in [0.4, 0.5) is 5.69 Å². The number of anilines is 1. The zero-order valence-corrected chi connectivity index (χ0v) is 16.6. The molecule has 0 saturated carbocycles. The molecule has 0 atom stereocenters. The van der Waals surface area contributed by atoms with E-state index in [4.69, 9.17) is 5.14 Å². The number of sulfonamides is 1. The van der Waals surface area contributed by atoms with E-state index in [0.717, 1.165) is 11.1 Å². The van der Waals surface area contributed by atoms with Crippen molar-refractivity contribution in [3.05, 3.63) is 58.7 Å². The molecule has 0 aliphatic heterocycles. The molecule has 8 heteroatoms. The summed E-state index contributed by atoms with van der Waals surface area (Å²) in [5.41, 5.74) is 3.28. The molecule has 0 bridgehead atoms. The van der Waals surface area contributed by atoms with Gasteiger partial charge in [-0.15, -0.1) is 0 Å². The molecule has 144 valence electrons. The number of aryl methyl sites for hydroxylation is 2. The van der Waals surface area contributed by atoms with E-state index in [1.807, 2.05) is 26.0 Å². The maximum absolute atomic E-state index is 12.6. The topological polar surface area (TPSA) is 110 Å². The first-order valence-corrected chi connectivity index (χ1v) is 9.80. The lowest BCUT2D eigenvalue weighted by atomic mass is 10.1. The fourth-order valence-electron chi connectivity index (χ4n) is 2.62. The molecule has 0 heterocycles. The Balaban J connectivity index is 2.14. The minimum atomic E-state index is -3.94. The number of nitrogens with zero attached hydrogens (tertiary/aromatic N) is 1. The predicted molar refractivity (Wildman–Crippen MR) is 104 cm³/mol. The van der Waals surface area contributed by atoms with Gasteiger partial charge in [0.2, 0.25) is 15.9 Å². The standard InChI is InChI=1S/C19H23N3O4S/c1-12-6-5-7-16(14(12)3)21-18(23)11-22(4)19(24)15-9-8-13(2)17(10-15)27(20,25)26/h5-10H,11H2,1-4H3,(H,21,23)(H2,20,25,26). The van der Waals surface area contributed by atoms with Gasteiger partial charge in [-0.2, -0.15) is 0 Å². The first-order valence-electron chi connectivity index (χ1n) is 8.25. The first kappa shape index (κ1) is 20.6. The summed E-state index contributed by atoms with van der Waals surface area (Å²) in [6.45, 7) is 5.27. The van der Waals surface area contributed by atoms with E-state index in [-0.39, 0.29) is 22.9 Å². The second kappa shape index (κ2) is 7.89. The van der Waals surface area contributed by atoms with Crippen LogP contribution in [0.3, 0.4) is 0 Å². The van der Waals surface area contributed by atoms with Crippen molar-refractivity contribution in [1.82, 2.24) is 4.90 Å². The Kier molecular flexibility index (Phi) is 6.02. The van der Waals surface area contributed by atoms with Crippen LogP contribution in [0.25, 0.3) is 0 Å². The summed E-state index contributed by atoms with van der Waals surface area (Å²) < 4.78 is 23.3. The smallest absolute Gasteiger partial charge is 0.254 e. The van der Waals surface area contributed by atoms with Gasteiger partial charge in [0.1, 0.15) is 0 Å². The number of hydrogen-bond acceptors (Lipinski definition) is 4. The fourth-order valence-corrected chi connectivity index (χ4v) is 3.43. The van der Waals surface area contributed by atoms with Crippen molar-refractivity contribution >= 4 is 27.5 Å². The van der Waals surface area contributed by atoms with Crippen LogP contribution in [0.5, 0.6) is 0 Å². The van der Waals surface area contributed by atoms with E-state index in [9.17, 15) is 18.0 Å². The summed E-state index contributed by atoms with van der Waals surface area (Å²) in [4.78, 5) is 25.9. The van der Waals surface area contributed by atoms with Gasteiger partial charge in [-0.25, -0.2) is 13.6 Å². The average molecular weight is 389 g/mol. The van der Waals surface area contributed by atoms with Gasteiger partial charge in [0.15, 0.2) is 0 Å². The van der Waals surface area contributed by atoms with Crippen LogP contribution in [0.2, 0.25) is 0 Å². The van der Waals surface area contributed by atoms with Crippen molar-refractivity contribution in [2.45, 2.75) is 25.7 Å². The summed E-state index contributed by atoms with van der Waals surface area (Å²) in [5.74, 6) is -0.825. The Bertz CT molecular complexity index is 1000. The van der Waals surface area contributed by atoms with Crippen LogP contribution in [-0.4, -0.2) is 38.7 Å². The van der Waals surface area contributed by atoms with E-state index in [0.29, 0.717) is 11.3 Å². The van der Waals surface area contributed by atoms with Gasteiger partial charge in [-0.1, -0.05) is 18.2 Å². The number of carbonyl (C=O) groups is 2. The largest absolute Gasteiger partial charge is 0.332 e. The molecular formula is C19H23N3O4S. The number of hydrogen-bond donors (Lipinski definition) is 2. The molecule has 0 aliphatic rings. The lowest BCUT2D eigenvalue weighted by Crippen LogP contribution is -2.35. The highest BCUT2D eigenvalue weighted by molar-refractivity contribution is 7.89. The van der Waals surface area contributed by atoms with Crippen molar-refractivity contribution in [3.8, 4) is 0 Å². The van der Waals surface area contributed by atoms with E-state index in [1.165, 1.54) is 30.1 Å². The molecule has 0 unspecified atom stereocenters. The summed E-state index contributed by atoms with van der Waals surface area (Å²) in [7, 11) is -2.46. The van der Waals surface area contributed by atoms with Gasteiger partial charge in [-0.05, 0) is 55.7 Å². The molecule has 0 spiro atoms. The van der Waals surface area contributed by atoms with Crippen molar-refractivity contribution in [2.75, 3.05) is 18.9 Å². The minimum absolute atomic E-state index is 0.110. The molecule has 2 rings (SSSR count). The molecule has 2 aromatic carbocycles. The molecule has 0 saturated heterocycles. The SMILES string of the molecule is Cc1ccc(C(=O)N(C)CC(=O)Nc2cccc(C)c2C)cc1S(N)(=O)=O. The average Bonchev–Trinajstić information content (AvgIpc) is 2.57. The number of nitrogens with two attached hydrogens (primary N) is 1. The second-order valence-corrected chi connectivity index (χ2v) is 8.01. The maximum atomic E-state index is 12.6. The third-order valence-corrected chi connectivity index (χ3v) is 5.40. The minimum Gasteiger partial charge on any atom is -0.332 e. The normalized spacial score (nSPS) is 11.1. The number of carbonyl (C=O) groups excluding carboxylic acids is 2. The number of benzene rings is 2. The van der Waals surface area contributed by atoms with Crippen LogP contribution >= 0.6 is 0 Å². The summed E-state index contributed by atoms with van der Waals surface area (Å²) in [6.07, 6.45) is 0. The Morgan fingerprint density at radius 2 is 1.74 bits per heavy atom. The van der Waals surface area contributed by atoms with E-state index >= 15 is 0 Å². The van der Waals surface area contributed by atoms with Gasteiger partial charge in [0.05, 0.1) is 11.4 Å². The molecule has 3 N–H and O–H groups in total. The highest BCUT2D eigenvalue weighted by Crippen LogP contribution is 2.19. The second-order valence-electron chi connectivity index (χ2n) is 6.48. The van der Waals surface area contributed by atoms with Gasteiger partial charge in [-0.3, -0.25) is 9.59 Å². The van der Waals surface area contributed by atoms with Gasteiger partial charge in [0.25, 0.3) is 5.91 Å². The molecule has 27 heavy (non-hydrogen) atoms. The van der Waals surface area contributed by atoms with E-state index in [1.54, 1.807) is 13.0 Å². The van der Waals surface area contributed by atoms with E-state index in [2.05, 4.69) is 5.32 Å². The van der Waals surface area contributed by atoms with Crippen LogP contribution in [0, 0.1) is 20.8 Å². The Morgan fingerprint density at radius 3 is 2.37 bits per heavy atom. The number of primary sulfonamides is 1. The van der Waals surface area contributed by atoms with Crippen molar-refractivity contribution in [3.63, 3.8) is 0 Å². The maximum Gasteiger partial charge on any atom is 0.254 e. The molecule has 0 fully saturated rings.